The standard InChI is InChI=1S/C16H15N3O2/c17-15(20)16(21)19-18-11-14(12-7-3-1-4-8-12)13-9-5-2-6-10-13/h1-11,14H,(H2,17,20)(H,19,21). The third-order valence-corrected chi connectivity index (χ3v) is 2.93. The summed E-state index contributed by atoms with van der Waals surface area (Å²) >= 11 is 0. The topological polar surface area (TPSA) is 84.5 Å². The van der Waals surface area contributed by atoms with Crippen LogP contribution in [-0.4, -0.2) is 18.0 Å². The van der Waals surface area contributed by atoms with Crippen LogP contribution in [0.4, 0.5) is 0 Å². The van der Waals surface area contributed by atoms with E-state index in [0.29, 0.717) is 0 Å². The second-order valence-electron chi connectivity index (χ2n) is 4.38. The molecule has 0 bridgehead atoms. The largest absolute Gasteiger partial charge is 0.361 e. The van der Waals surface area contributed by atoms with Gasteiger partial charge in [-0.15, -0.1) is 0 Å². The van der Waals surface area contributed by atoms with Gasteiger partial charge in [0.25, 0.3) is 0 Å². The number of amides is 2. The van der Waals surface area contributed by atoms with Crippen LogP contribution in [0, 0.1) is 0 Å². The van der Waals surface area contributed by atoms with Crippen molar-refractivity contribution in [2.45, 2.75) is 5.92 Å². The number of hydrogen-bond donors (Lipinski definition) is 2. The average Bonchev–Trinajstić information content (AvgIpc) is 2.53. The van der Waals surface area contributed by atoms with E-state index in [1.165, 1.54) is 0 Å². The van der Waals surface area contributed by atoms with Gasteiger partial charge < -0.3 is 5.73 Å². The first-order valence-corrected chi connectivity index (χ1v) is 6.41. The highest BCUT2D eigenvalue weighted by atomic mass is 16.2. The summed E-state index contributed by atoms with van der Waals surface area (Å²) in [6, 6.07) is 19.5. The highest BCUT2D eigenvalue weighted by Gasteiger charge is 2.12. The van der Waals surface area contributed by atoms with E-state index in [-0.39, 0.29) is 5.92 Å². The van der Waals surface area contributed by atoms with Crippen LogP contribution in [0.25, 0.3) is 0 Å². The van der Waals surface area contributed by atoms with Gasteiger partial charge in [-0.05, 0) is 11.1 Å². The van der Waals surface area contributed by atoms with E-state index in [9.17, 15) is 9.59 Å². The first-order chi connectivity index (χ1) is 10.2. The fourth-order valence-electron chi connectivity index (χ4n) is 1.91. The minimum Gasteiger partial charge on any atom is -0.361 e. The normalized spacial score (nSPS) is 10.7. The summed E-state index contributed by atoms with van der Waals surface area (Å²) in [6.07, 6.45) is 1.57. The quantitative estimate of drug-likeness (QED) is 0.504. The van der Waals surface area contributed by atoms with Crippen molar-refractivity contribution in [2.75, 3.05) is 0 Å². The molecule has 0 aliphatic rings. The average molecular weight is 281 g/mol. The minimum absolute atomic E-state index is 0.124. The lowest BCUT2D eigenvalue weighted by Gasteiger charge is -2.12. The predicted molar refractivity (Wildman–Crippen MR) is 80.6 cm³/mol. The van der Waals surface area contributed by atoms with Gasteiger partial charge in [0.15, 0.2) is 0 Å². The van der Waals surface area contributed by atoms with Crippen molar-refractivity contribution in [1.82, 2.24) is 5.43 Å². The molecular formula is C16H15N3O2. The molecule has 5 heteroatoms. The van der Waals surface area contributed by atoms with Crippen LogP contribution in [0.2, 0.25) is 0 Å². The summed E-state index contributed by atoms with van der Waals surface area (Å²) in [5.74, 6) is -2.13. The first kappa shape index (κ1) is 14.5. The highest BCUT2D eigenvalue weighted by Crippen LogP contribution is 2.22. The maximum Gasteiger partial charge on any atom is 0.329 e. The lowest BCUT2D eigenvalue weighted by molar-refractivity contribution is -0.137. The number of nitrogens with one attached hydrogen (secondary N) is 1. The van der Waals surface area contributed by atoms with Gasteiger partial charge in [-0.3, -0.25) is 9.59 Å². The number of rotatable bonds is 4. The molecule has 3 N–H and O–H groups in total. The zero-order valence-electron chi connectivity index (χ0n) is 11.3. The molecule has 0 aromatic heterocycles. The van der Waals surface area contributed by atoms with Crippen LogP contribution in [-0.2, 0) is 9.59 Å². The monoisotopic (exact) mass is 281 g/mol. The summed E-state index contributed by atoms with van der Waals surface area (Å²) < 4.78 is 0. The Bertz CT molecular complexity index is 600. The van der Waals surface area contributed by atoms with Crippen molar-refractivity contribution in [3.63, 3.8) is 0 Å². The van der Waals surface area contributed by atoms with Gasteiger partial charge in [0.2, 0.25) is 0 Å². The van der Waals surface area contributed by atoms with Crippen molar-refractivity contribution in [3.05, 3.63) is 71.8 Å². The van der Waals surface area contributed by atoms with Gasteiger partial charge in [0.05, 0.1) is 0 Å². The van der Waals surface area contributed by atoms with E-state index in [1.54, 1.807) is 6.21 Å². The number of hydrogen-bond acceptors (Lipinski definition) is 3. The second kappa shape index (κ2) is 7.00. The molecule has 2 amide bonds. The van der Waals surface area contributed by atoms with Crippen molar-refractivity contribution >= 4 is 18.0 Å². The Morgan fingerprint density at radius 2 is 1.43 bits per heavy atom. The van der Waals surface area contributed by atoms with Gasteiger partial charge in [-0.1, -0.05) is 60.7 Å². The Kier molecular flexibility index (Phi) is 4.82. The van der Waals surface area contributed by atoms with Crippen LogP contribution in [0.3, 0.4) is 0 Å². The van der Waals surface area contributed by atoms with Crippen LogP contribution in [0.1, 0.15) is 17.0 Å². The maximum atomic E-state index is 11.1. The molecule has 2 rings (SSSR count). The van der Waals surface area contributed by atoms with Crippen LogP contribution in [0.15, 0.2) is 65.8 Å². The van der Waals surface area contributed by atoms with Gasteiger partial charge >= 0.3 is 11.8 Å². The Hall–Kier alpha value is -2.95. The number of primary amides is 1. The summed E-state index contributed by atoms with van der Waals surface area (Å²) in [6.45, 7) is 0. The summed E-state index contributed by atoms with van der Waals surface area (Å²) in [7, 11) is 0. The molecule has 0 heterocycles. The third-order valence-electron chi connectivity index (χ3n) is 2.93. The fourth-order valence-corrected chi connectivity index (χ4v) is 1.91. The second-order valence-corrected chi connectivity index (χ2v) is 4.38. The lowest BCUT2D eigenvalue weighted by Crippen LogP contribution is -2.33. The molecule has 0 spiro atoms. The van der Waals surface area contributed by atoms with E-state index in [2.05, 4.69) is 10.5 Å². The number of carbonyl (C=O) groups excluding carboxylic acids is 2. The van der Waals surface area contributed by atoms with Crippen molar-refractivity contribution in [1.29, 1.82) is 0 Å². The van der Waals surface area contributed by atoms with E-state index in [0.717, 1.165) is 11.1 Å². The van der Waals surface area contributed by atoms with Gasteiger partial charge in [0.1, 0.15) is 0 Å². The van der Waals surface area contributed by atoms with Crippen molar-refractivity contribution in [3.8, 4) is 0 Å². The van der Waals surface area contributed by atoms with Crippen LogP contribution >= 0.6 is 0 Å². The molecular weight excluding hydrogens is 266 g/mol. The van der Waals surface area contributed by atoms with Gasteiger partial charge in [-0.2, -0.15) is 5.10 Å². The Labute approximate surface area is 122 Å². The molecule has 2 aromatic rings. The van der Waals surface area contributed by atoms with E-state index in [4.69, 9.17) is 5.73 Å². The fraction of sp³-hybridized carbons (Fsp3) is 0.0625. The number of hydrazone groups is 1. The van der Waals surface area contributed by atoms with Crippen LogP contribution in [0.5, 0.6) is 0 Å². The maximum absolute atomic E-state index is 11.1. The molecule has 0 saturated heterocycles. The Balaban J connectivity index is 2.23. The van der Waals surface area contributed by atoms with E-state index in [1.807, 2.05) is 60.7 Å². The molecule has 0 atom stereocenters. The van der Waals surface area contributed by atoms with Crippen LogP contribution < -0.4 is 11.2 Å². The molecule has 0 aliphatic carbocycles. The van der Waals surface area contributed by atoms with E-state index < -0.39 is 11.8 Å². The highest BCUT2D eigenvalue weighted by molar-refractivity contribution is 6.34. The number of carbonyl (C=O) groups is 2. The molecule has 0 saturated carbocycles. The van der Waals surface area contributed by atoms with Crippen molar-refractivity contribution in [2.24, 2.45) is 10.8 Å². The summed E-state index contributed by atoms with van der Waals surface area (Å²) in [4.78, 5) is 21.7. The molecule has 0 unspecified atom stereocenters. The molecule has 21 heavy (non-hydrogen) atoms. The molecule has 2 aromatic carbocycles. The zero-order chi connectivity index (χ0) is 15.1. The smallest absolute Gasteiger partial charge is 0.329 e. The summed E-state index contributed by atoms with van der Waals surface area (Å²) in [5, 5.41) is 3.82. The van der Waals surface area contributed by atoms with E-state index >= 15 is 0 Å². The number of nitrogens with zero attached hydrogens (tertiary/aromatic N) is 1. The molecule has 0 fully saturated rings. The number of benzene rings is 2. The predicted octanol–water partition coefficient (Wildman–Crippen LogP) is 1.41. The third kappa shape index (κ3) is 4.01. The van der Waals surface area contributed by atoms with Gasteiger partial charge in [0, 0.05) is 12.1 Å². The zero-order valence-corrected chi connectivity index (χ0v) is 11.3. The molecule has 106 valence electrons. The Morgan fingerprint density at radius 3 is 1.86 bits per heavy atom. The minimum atomic E-state index is -1.07. The van der Waals surface area contributed by atoms with Gasteiger partial charge in [-0.25, -0.2) is 5.43 Å². The molecule has 0 aliphatic heterocycles. The summed E-state index contributed by atoms with van der Waals surface area (Å²) in [5.41, 5.74) is 9.02. The first-order valence-electron chi connectivity index (χ1n) is 6.41. The Morgan fingerprint density at radius 1 is 0.952 bits per heavy atom. The van der Waals surface area contributed by atoms with Crippen molar-refractivity contribution < 1.29 is 9.59 Å². The SMILES string of the molecule is NC(=O)C(=O)NN=CC(c1ccccc1)c1ccccc1. The lowest BCUT2D eigenvalue weighted by atomic mass is 9.92. The molecule has 0 radical (unpaired) electrons. The number of nitrogens with two attached hydrogens (primary N) is 1. The molecule has 5 nitrogen and oxygen atoms in total.